The van der Waals surface area contributed by atoms with Crippen LogP contribution >= 0.6 is 0 Å². The van der Waals surface area contributed by atoms with Crippen LogP contribution in [-0.4, -0.2) is 70.9 Å². The van der Waals surface area contributed by atoms with E-state index in [4.69, 9.17) is 4.74 Å². The van der Waals surface area contributed by atoms with Crippen molar-refractivity contribution in [3.63, 3.8) is 0 Å². The van der Waals surface area contributed by atoms with E-state index in [0.717, 1.165) is 0 Å². The molecule has 154 valence electrons. The molecule has 2 saturated heterocycles. The van der Waals surface area contributed by atoms with Crippen LogP contribution in [0.1, 0.15) is 18.4 Å². The summed E-state index contributed by atoms with van der Waals surface area (Å²) in [4.78, 5) is 8.84. The van der Waals surface area contributed by atoms with E-state index in [-0.39, 0.29) is 17.0 Å². The second kappa shape index (κ2) is 7.94. The van der Waals surface area contributed by atoms with Crippen molar-refractivity contribution in [2.75, 3.05) is 36.9 Å². The standard InChI is InChI=1S/C17H22N8O3S/c1-24-9-15(8-20-24)29(26,27)25-4-2-13(3-5-25)22-17-19-7-12(6-18)16(23-17)21-14-10-28-11-14/h7-9,13-14H,2-5,10-11H2,1H3,(H2,19,21,22,23). The molecule has 2 N–H and O–H groups in total. The molecule has 0 saturated carbocycles. The molecule has 0 aliphatic carbocycles. The first-order valence-electron chi connectivity index (χ1n) is 9.32. The zero-order valence-corrected chi connectivity index (χ0v) is 16.8. The van der Waals surface area contributed by atoms with Gasteiger partial charge in [0, 0.05) is 32.4 Å². The van der Waals surface area contributed by atoms with Gasteiger partial charge in [-0.05, 0) is 12.8 Å². The quantitative estimate of drug-likeness (QED) is 0.671. The summed E-state index contributed by atoms with van der Waals surface area (Å²) in [5.41, 5.74) is 0.375. The van der Waals surface area contributed by atoms with E-state index in [1.54, 1.807) is 7.05 Å². The van der Waals surface area contributed by atoms with Gasteiger partial charge in [0.05, 0.1) is 31.6 Å². The average Bonchev–Trinajstić information content (AvgIpc) is 3.13. The number of nitrogens with zero attached hydrogens (tertiary/aromatic N) is 6. The third-order valence-electron chi connectivity index (χ3n) is 4.99. The minimum atomic E-state index is -3.53. The van der Waals surface area contributed by atoms with Gasteiger partial charge >= 0.3 is 0 Å². The van der Waals surface area contributed by atoms with Crippen molar-refractivity contribution in [2.24, 2.45) is 7.05 Å². The van der Waals surface area contributed by atoms with Crippen LogP contribution in [-0.2, 0) is 21.8 Å². The Morgan fingerprint density at radius 2 is 1.97 bits per heavy atom. The Bertz CT molecular complexity index is 1020. The van der Waals surface area contributed by atoms with Gasteiger partial charge in [0.2, 0.25) is 16.0 Å². The van der Waals surface area contributed by atoms with Crippen molar-refractivity contribution >= 4 is 21.8 Å². The highest BCUT2D eigenvalue weighted by Gasteiger charge is 2.30. The highest BCUT2D eigenvalue weighted by atomic mass is 32.2. The smallest absolute Gasteiger partial charge is 0.246 e. The van der Waals surface area contributed by atoms with Gasteiger partial charge in [-0.1, -0.05) is 0 Å². The van der Waals surface area contributed by atoms with Crippen molar-refractivity contribution in [3.8, 4) is 6.07 Å². The lowest BCUT2D eigenvalue weighted by Gasteiger charge is -2.31. The molecule has 2 aromatic heterocycles. The van der Waals surface area contributed by atoms with E-state index in [1.165, 1.54) is 27.6 Å². The van der Waals surface area contributed by atoms with Gasteiger partial charge in [-0.15, -0.1) is 0 Å². The maximum atomic E-state index is 12.7. The number of ether oxygens (including phenoxy) is 1. The van der Waals surface area contributed by atoms with Gasteiger partial charge in [-0.2, -0.15) is 19.6 Å². The van der Waals surface area contributed by atoms with E-state index in [2.05, 4.69) is 31.8 Å². The second-order valence-corrected chi connectivity index (χ2v) is 9.06. The lowest BCUT2D eigenvalue weighted by atomic mass is 10.1. The van der Waals surface area contributed by atoms with Crippen LogP contribution in [0.4, 0.5) is 11.8 Å². The number of sulfonamides is 1. The third-order valence-corrected chi connectivity index (χ3v) is 6.85. The van der Waals surface area contributed by atoms with Crippen molar-refractivity contribution in [1.82, 2.24) is 24.1 Å². The number of hydrogen-bond donors (Lipinski definition) is 2. The van der Waals surface area contributed by atoms with Crippen LogP contribution in [0.3, 0.4) is 0 Å². The minimum Gasteiger partial charge on any atom is -0.377 e. The molecule has 11 nitrogen and oxygen atoms in total. The SMILES string of the molecule is Cn1cc(S(=O)(=O)N2CCC(Nc3ncc(C#N)c(NC4COC4)n3)CC2)cn1. The van der Waals surface area contributed by atoms with Crippen LogP contribution in [0.15, 0.2) is 23.5 Å². The van der Waals surface area contributed by atoms with Gasteiger partial charge in [0.1, 0.15) is 22.3 Å². The van der Waals surface area contributed by atoms with Crippen LogP contribution in [0.2, 0.25) is 0 Å². The van der Waals surface area contributed by atoms with Gasteiger partial charge in [-0.25, -0.2) is 13.4 Å². The van der Waals surface area contributed by atoms with Gasteiger partial charge in [0.25, 0.3) is 0 Å². The zero-order chi connectivity index (χ0) is 20.4. The van der Waals surface area contributed by atoms with Crippen molar-refractivity contribution in [2.45, 2.75) is 29.8 Å². The first-order chi connectivity index (χ1) is 14.0. The molecule has 2 aliphatic heterocycles. The summed E-state index contributed by atoms with van der Waals surface area (Å²) in [6.45, 7) is 1.97. The number of aryl methyl sites for hydroxylation is 1. The van der Waals surface area contributed by atoms with Crippen LogP contribution in [0.5, 0.6) is 0 Å². The molecule has 2 aromatic rings. The van der Waals surface area contributed by atoms with E-state index < -0.39 is 10.0 Å². The maximum Gasteiger partial charge on any atom is 0.246 e. The summed E-state index contributed by atoms with van der Waals surface area (Å²) in [6.07, 6.45) is 5.61. The minimum absolute atomic E-state index is 0.0446. The molecule has 0 unspecified atom stereocenters. The predicted octanol–water partition coefficient (Wildman–Crippen LogP) is 0.158. The Labute approximate surface area is 168 Å². The molecule has 4 heterocycles. The fourth-order valence-electron chi connectivity index (χ4n) is 3.26. The molecule has 12 heteroatoms. The summed E-state index contributed by atoms with van der Waals surface area (Å²) >= 11 is 0. The molecule has 0 bridgehead atoms. The second-order valence-electron chi connectivity index (χ2n) is 7.12. The van der Waals surface area contributed by atoms with Crippen LogP contribution in [0.25, 0.3) is 0 Å². The zero-order valence-electron chi connectivity index (χ0n) is 15.9. The number of nitriles is 1. The Balaban J connectivity index is 1.38. The van der Waals surface area contributed by atoms with E-state index in [0.29, 0.717) is 56.5 Å². The van der Waals surface area contributed by atoms with E-state index in [1.807, 2.05) is 0 Å². The molecule has 0 aromatic carbocycles. The molecule has 0 radical (unpaired) electrons. The van der Waals surface area contributed by atoms with Gasteiger partial charge in [0.15, 0.2) is 0 Å². The molecule has 4 rings (SSSR count). The van der Waals surface area contributed by atoms with Gasteiger partial charge < -0.3 is 15.4 Å². The van der Waals surface area contributed by atoms with Gasteiger partial charge in [-0.3, -0.25) is 4.68 Å². The topological polar surface area (TPSA) is 138 Å². The maximum absolute atomic E-state index is 12.7. The largest absolute Gasteiger partial charge is 0.377 e. The normalized spacial score (nSPS) is 18.8. The highest BCUT2D eigenvalue weighted by molar-refractivity contribution is 7.89. The highest BCUT2D eigenvalue weighted by Crippen LogP contribution is 2.23. The number of rotatable bonds is 6. The molecular formula is C17H22N8O3S. The molecule has 0 atom stereocenters. The van der Waals surface area contributed by atoms with Crippen LogP contribution < -0.4 is 10.6 Å². The molecule has 0 spiro atoms. The van der Waals surface area contributed by atoms with Crippen molar-refractivity contribution in [3.05, 3.63) is 24.2 Å². The van der Waals surface area contributed by atoms with Crippen LogP contribution in [0, 0.1) is 11.3 Å². The summed E-state index contributed by atoms with van der Waals surface area (Å²) in [5, 5.41) is 19.6. The Morgan fingerprint density at radius 1 is 1.21 bits per heavy atom. The fraction of sp³-hybridized carbons (Fsp3) is 0.529. The summed E-state index contributed by atoms with van der Waals surface area (Å²) in [5.74, 6) is 0.898. The molecule has 2 fully saturated rings. The Hall–Kier alpha value is -2.75. The monoisotopic (exact) mass is 418 g/mol. The fourth-order valence-corrected chi connectivity index (χ4v) is 4.72. The molecule has 0 amide bonds. The van der Waals surface area contributed by atoms with Crippen molar-refractivity contribution < 1.29 is 13.2 Å². The first-order valence-corrected chi connectivity index (χ1v) is 10.8. The average molecular weight is 418 g/mol. The number of anilines is 2. The third kappa shape index (κ3) is 4.16. The van der Waals surface area contributed by atoms with E-state index in [9.17, 15) is 13.7 Å². The number of nitrogens with one attached hydrogen (secondary N) is 2. The molecule has 29 heavy (non-hydrogen) atoms. The Morgan fingerprint density at radius 3 is 2.55 bits per heavy atom. The number of aromatic nitrogens is 4. The first kappa shape index (κ1) is 19.6. The lowest BCUT2D eigenvalue weighted by molar-refractivity contribution is 0.0209. The lowest BCUT2D eigenvalue weighted by Crippen LogP contribution is -2.42. The van der Waals surface area contributed by atoms with Crippen molar-refractivity contribution in [1.29, 1.82) is 5.26 Å². The molecular weight excluding hydrogens is 396 g/mol. The summed E-state index contributed by atoms with van der Waals surface area (Å²) < 4.78 is 33.5. The summed E-state index contributed by atoms with van der Waals surface area (Å²) in [7, 11) is -1.84. The number of hydrogen-bond acceptors (Lipinski definition) is 9. The summed E-state index contributed by atoms with van der Waals surface area (Å²) in [6, 6.07) is 2.27. The predicted molar refractivity (Wildman–Crippen MR) is 104 cm³/mol. The Kier molecular flexibility index (Phi) is 5.35. The number of piperidine rings is 1. The van der Waals surface area contributed by atoms with E-state index >= 15 is 0 Å². The molecule has 2 aliphatic rings.